The van der Waals surface area contributed by atoms with E-state index < -0.39 is 5.82 Å². The average molecular weight is 185 g/mol. The van der Waals surface area contributed by atoms with Crippen LogP contribution in [-0.2, 0) is 0 Å². The summed E-state index contributed by atoms with van der Waals surface area (Å²) in [6, 6.07) is 2.23. The average Bonchev–Trinajstić information content (AvgIpc) is 2.17. The first kappa shape index (κ1) is 9.44. The third kappa shape index (κ3) is 1.74. The van der Waals surface area contributed by atoms with Gasteiger partial charge in [-0.25, -0.2) is 4.39 Å². The SMILES string of the molecule is COc1cc(F)c(N=O)cc1OC. The van der Waals surface area contributed by atoms with Crippen LogP contribution in [0, 0.1) is 10.7 Å². The molecule has 4 nitrogen and oxygen atoms in total. The molecule has 13 heavy (non-hydrogen) atoms. The Kier molecular flexibility index (Phi) is 2.79. The second kappa shape index (κ2) is 3.84. The number of benzene rings is 1. The van der Waals surface area contributed by atoms with Gasteiger partial charge in [-0.15, -0.1) is 4.91 Å². The topological polar surface area (TPSA) is 47.9 Å². The summed E-state index contributed by atoms with van der Waals surface area (Å²) in [6.45, 7) is 0. The maximum Gasteiger partial charge on any atom is 0.163 e. The van der Waals surface area contributed by atoms with Gasteiger partial charge in [0.2, 0.25) is 0 Å². The van der Waals surface area contributed by atoms with Crippen molar-refractivity contribution in [2.75, 3.05) is 14.2 Å². The van der Waals surface area contributed by atoms with Gasteiger partial charge in [-0.2, -0.15) is 0 Å². The van der Waals surface area contributed by atoms with Crippen LogP contribution in [0.5, 0.6) is 11.5 Å². The number of hydrogen-bond donors (Lipinski definition) is 0. The summed E-state index contributed by atoms with van der Waals surface area (Å²) >= 11 is 0. The lowest BCUT2D eigenvalue weighted by molar-refractivity contribution is 0.352. The highest BCUT2D eigenvalue weighted by atomic mass is 19.1. The predicted octanol–water partition coefficient (Wildman–Crippen LogP) is 2.24. The Labute approximate surface area is 74.2 Å². The first-order valence-corrected chi connectivity index (χ1v) is 3.47. The Hall–Kier alpha value is -1.65. The van der Waals surface area contributed by atoms with Crippen LogP contribution in [-0.4, -0.2) is 14.2 Å². The van der Waals surface area contributed by atoms with Crippen molar-refractivity contribution in [3.8, 4) is 11.5 Å². The molecule has 1 rings (SSSR count). The highest BCUT2D eigenvalue weighted by Gasteiger charge is 2.10. The fourth-order valence-electron chi connectivity index (χ4n) is 0.913. The van der Waals surface area contributed by atoms with E-state index in [1.807, 2.05) is 0 Å². The van der Waals surface area contributed by atoms with Crippen LogP contribution in [0.3, 0.4) is 0 Å². The number of hydrogen-bond acceptors (Lipinski definition) is 4. The second-order valence-electron chi connectivity index (χ2n) is 2.25. The Morgan fingerprint density at radius 3 is 2.23 bits per heavy atom. The Balaban J connectivity index is 3.26. The van der Waals surface area contributed by atoms with E-state index in [2.05, 4.69) is 5.18 Å². The normalized spacial score (nSPS) is 9.46. The highest BCUT2D eigenvalue weighted by molar-refractivity contribution is 5.52. The Morgan fingerprint density at radius 1 is 1.23 bits per heavy atom. The number of halogens is 1. The molecule has 0 heterocycles. The van der Waals surface area contributed by atoms with E-state index in [4.69, 9.17) is 9.47 Å². The monoisotopic (exact) mass is 185 g/mol. The molecule has 0 bridgehead atoms. The van der Waals surface area contributed by atoms with E-state index in [0.717, 1.165) is 6.07 Å². The molecule has 0 atom stereocenters. The molecule has 0 aliphatic carbocycles. The molecule has 0 amide bonds. The fraction of sp³-hybridized carbons (Fsp3) is 0.250. The molecule has 5 heteroatoms. The van der Waals surface area contributed by atoms with Gasteiger partial charge in [0.25, 0.3) is 0 Å². The van der Waals surface area contributed by atoms with Gasteiger partial charge in [0.15, 0.2) is 17.3 Å². The van der Waals surface area contributed by atoms with Crippen molar-refractivity contribution in [2.45, 2.75) is 0 Å². The van der Waals surface area contributed by atoms with E-state index in [1.165, 1.54) is 20.3 Å². The third-order valence-electron chi connectivity index (χ3n) is 1.55. The smallest absolute Gasteiger partial charge is 0.163 e. The zero-order valence-electron chi connectivity index (χ0n) is 7.20. The number of ether oxygens (including phenoxy) is 2. The van der Waals surface area contributed by atoms with Crippen molar-refractivity contribution >= 4 is 5.69 Å². The molecule has 0 unspecified atom stereocenters. The van der Waals surface area contributed by atoms with E-state index >= 15 is 0 Å². The van der Waals surface area contributed by atoms with Crippen molar-refractivity contribution in [1.29, 1.82) is 0 Å². The molecule has 0 N–H and O–H groups in total. The molecular formula is C8H8FNO3. The van der Waals surface area contributed by atoms with Gasteiger partial charge in [0, 0.05) is 12.1 Å². The number of nitroso groups, excluding NO2 is 1. The van der Waals surface area contributed by atoms with Gasteiger partial charge in [0.05, 0.1) is 14.2 Å². The van der Waals surface area contributed by atoms with Crippen molar-refractivity contribution in [3.63, 3.8) is 0 Å². The first-order valence-electron chi connectivity index (χ1n) is 3.47. The molecule has 0 saturated carbocycles. The molecular weight excluding hydrogens is 177 g/mol. The summed E-state index contributed by atoms with van der Waals surface area (Å²) in [5.74, 6) is -0.224. The molecule has 0 spiro atoms. The summed E-state index contributed by atoms with van der Waals surface area (Å²) in [5.41, 5.74) is -0.294. The van der Waals surface area contributed by atoms with Gasteiger partial charge in [-0.3, -0.25) is 0 Å². The molecule has 1 aromatic rings. The van der Waals surface area contributed by atoms with Crippen LogP contribution in [0.1, 0.15) is 0 Å². The lowest BCUT2D eigenvalue weighted by atomic mass is 10.2. The summed E-state index contributed by atoms with van der Waals surface area (Å²) in [5, 5.41) is 2.49. The van der Waals surface area contributed by atoms with Crippen molar-refractivity contribution < 1.29 is 13.9 Å². The van der Waals surface area contributed by atoms with Gasteiger partial charge in [0.1, 0.15) is 5.69 Å². The lowest BCUT2D eigenvalue weighted by Gasteiger charge is -2.07. The number of nitrogens with zero attached hydrogens (tertiary/aromatic N) is 1. The summed E-state index contributed by atoms with van der Waals surface area (Å²) in [7, 11) is 2.77. The molecule has 0 radical (unpaired) electrons. The van der Waals surface area contributed by atoms with Crippen molar-refractivity contribution in [3.05, 3.63) is 22.9 Å². The van der Waals surface area contributed by atoms with E-state index in [0.29, 0.717) is 0 Å². The van der Waals surface area contributed by atoms with E-state index in [-0.39, 0.29) is 17.2 Å². The van der Waals surface area contributed by atoms with Crippen LogP contribution < -0.4 is 9.47 Å². The van der Waals surface area contributed by atoms with Crippen molar-refractivity contribution in [1.82, 2.24) is 0 Å². The molecule has 0 aliphatic heterocycles. The lowest BCUT2D eigenvalue weighted by Crippen LogP contribution is -1.91. The molecule has 0 aromatic heterocycles. The Bertz CT molecular complexity index is 327. The van der Waals surface area contributed by atoms with Crippen LogP contribution in [0.15, 0.2) is 17.3 Å². The predicted molar refractivity (Wildman–Crippen MR) is 45.0 cm³/mol. The first-order chi connectivity index (χ1) is 6.22. The quantitative estimate of drug-likeness (QED) is 0.678. The second-order valence-corrected chi connectivity index (χ2v) is 2.25. The molecule has 0 fully saturated rings. The maximum atomic E-state index is 12.9. The van der Waals surface area contributed by atoms with Gasteiger partial charge < -0.3 is 9.47 Å². The third-order valence-corrected chi connectivity index (χ3v) is 1.55. The minimum Gasteiger partial charge on any atom is -0.493 e. The number of methoxy groups -OCH3 is 2. The zero-order valence-corrected chi connectivity index (χ0v) is 7.20. The van der Waals surface area contributed by atoms with E-state index in [1.54, 1.807) is 0 Å². The fourth-order valence-corrected chi connectivity index (χ4v) is 0.913. The van der Waals surface area contributed by atoms with Crippen LogP contribution >= 0.6 is 0 Å². The van der Waals surface area contributed by atoms with E-state index in [9.17, 15) is 9.30 Å². The van der Waals surface area contributed by atoms with Gasteiger partial charge >= 0.3 is 0 Å². The molecule has 0 aliphatic rings. The standard InChI is InChI=1S/C8H8FNO3/c1-12-7-3-5(9)6(10-11)4-8(7)13-2/h3-4H,1-2H3. The van der Waals surface area contributed by atoms with Gasteiger partial charge in [-0.1, -0.05) is 0 Å². The molecule has 1 aromatic carbocycles. The van der Waals surface area contributed by atoms with Crippen LogP contribution in [0.25, 0.3) is 0 Å². The highest BCUT2D eigenvalue weighted by Crippen LogP contribution is 2.33. The van der Waals surface area contributed by atoms with Gasteiger partial charge in [-0.05, 0) is 5.18 Å². The zero-order chi connectivity index (χ0) is 9.84. The maximum absolute atomic E-state index is 12.9. The van der Waals surface area contributed by atoms with Crippen molar-refractivity contribution in [2.24, 2.45) is 5.18 Å². The van der Waals surface area contributed by atoms with Crippen LogP contribution in [0.4, 0.5) is 10.1 Å². The summed E-state index contributed by atoms with van der Waals surface area (Å²) in [4.78, 5) is 10.1. The minimum absolute atomic E-state index is 0.229. The minimum atomic E-state index is -0.729. The van der Waals surface area contributed by atoms with Crippen LogP contribution in [0.2, 0.25) is 0 Å². The summed E-state index contributed by atoms with van der Waals surface area (Å²) in [6.07, 6.45) is 0. The molecule has 70 valence electrons. The summed E-state index contributed by atoms with van der Waals surface area (Å²) < 4.78 is 22.6. The number of rotatable bonds is 3. The largest absolute Gasteiger partial charge is 0.493 e. The Morgan fingerprint density at radius 2 is 1.77 bits per heavy atom. The molecule has 0 saturated heterocycles.